The summed E-state index contributed by atoms with van der Waals surface area (Å²) in [7, 11) is 0. The Bertz CT molecular complexity index is 450. The van der Waals surface area contributed by atoms with Crippen molar-refractivity contribution < 1.29 is 0 Å². The Labute approximate surface area is 108 Å². The quantitative estimate of drug-likeness (QED) is 0.652. The first kappa shape index (κ1) is 12.8. The molecule has 4 N–H and O–H groups in total. The monoisotopic (exact) mass is 244 g/mol. The van der Waals surface area contributed by atoms with Crippen LogP contribution >= 0.6 is 0 Å². The summed E-state index contributed by atoms with van der Waals surface area (Å²) in [4.78, 5) is 0. The molecule has 0 fully saturated rings. The lowest BCUT2D eigenvalue weighted by atomic mass is 10.1. The molecule has 0 radical (unpaired) electrons. The van der Waals surface area contributed by atoms with Crippen LogP contribution in [-0.4, -0.2) is 23.3 Å². The summed E-state index contributed by atoms with van der Waals surface area (Å²) < 4.78 is 0. The van der Waals surface area contributed by atoms with Crippen LogP contribution in [0.25, 0.3) is 11.3 Å². The molecule has 0 amide bonds. The van der Waals surface area contributed by atoms with E-state index in [4.69, 9.17) is 5.73 Å². The number of aromatic nitrogens is 2. The number of nitrogens with one attached hydrogen (secondary N) is 2. The normalized spacial score (nSPS) is 10.7. The largest absolute Gasteiger partial charge is 0.330 e. The number of hydrogen-bond donors (Lipinski definition) is 3. The van der Waals surface area contributed by atoms with Crippen LogP contribution < -0.4 is 11.1 Å². The summed E-state index contributed by atoms with van der Waals surface area (Å²) in [6.45, 7) is 2.60. The lowest BCUT2D eigenvalue weighted by Gasteiger charge is -2.05. The third-order valence-corrected chi connectivity index (χ3v) is 2.90. The van der Waals surface area contributed by atoms with Crippen LogP contribution in [0.1, 0.15) is 18.4 Å². The smallest absolute Gasteiger partial charge is 0.0695 e. The zero-order valence-corrected chi connectivity index (χ0v) is 10.5. The van der Waals surface area contributed by atoms with Crippen molar-refractivity contribution in [3.63, 3.8) is 0 Å². The van der Waals surface area contributed by atoms with Crippen molar-refractivity contribution in [3.8, 4) is 11.3 Å². The molecule has 0 spiro atoms. The van der Waals surface area contributed by atoms with Crippen LogP contribution in [0.5, 0.6) is 0 Å². The topological polar surface area (TPSA) is 66.7 Å². The predicted molar refractivity (Wildman–Crippen MR) is 74.0 cm³/mol. The zero-order chi connectivity index (χ0) is 12.6. The molecule has 0 saturated heterocycles. The van der Waals surface area contributed by atoms with Crippen molar-refractivity contribution in [2.75, 3.05) is 13.1 Å². The number of rotatable bonds is 7. The van der Waals surface area contributed by atoms with Gasteiger partial charge in [0.25, 0.3) is 0 Å². The van der Waals surface area contributed by atoms with Crippen molar-refractivity contribution >= 4 is 0 Å². The Hall–Kier alpha value is -1.65. The molecule has 0 aliphatic rings. The van der Waals surface area contributed by atoms with Crippen molar-refractivity contribution in [1.29, 1.82) is 0 Å². The van der Waals surface area contributed by atoms with E-state index in [0.717, 1.165) is 38.2 Å². The van der Waals surface area contributed by atoms with Gasteiger partial charge in [-0.2, -0.15) is 5.10 Å². The molecule has 2 aromatic rings. The van der Waals surface area contributed by atoms with Crippen molar-refractivity contribution in [1.82, 2.24) is 15.5 Å². The summed E-state index contributed by atoms with van der Waals surface area (Å²) >= 11 is 0. The Kier molecular flexibility index (Phi) is 4.93. The maximum atomic E-state index is 5.46. The first-order valence-electron chi connectivity index (χ1n) is 6.40. The van der Waals surface area contributed by atoms with Gasteiger partial charge in [-0.1, -0.05) is 30.3 Å². The van der Waals surface area contributed by atoms with Gasteiger partial charge in [0.2, 0.25) is 0 Å². The predicted octanol–water partition coefficient (Wildman–Crippen LogP) is 1.91. The highest BCUT2D eigenvalue weighted by Crippen LogP contribution is 2.20. The number of benzene rings is 1. The molecule has 18 heavy (non-hydrogen) atoms. The molecule has 0 atom stereocenters. The van der Waals surface area contributed by atoms with Crippen LogP contribution in [0, 0.1) is 0 Å². The molecular weight excluding hydrogens is 224 g/mol. The highest BCUT2D eigenvalue weighted by molar-refractivity contribution is 5.62. The highest BCUT2D eigenvalue weighted by atomic mass is 15.1. The maximum absolute atomic E-state index is 5.46. The standard InChI is InChI=1S/C14H20N4/c15-8-4-5-9-16-10-13-11-17-18-14(13)12-6-2-1-3-7-12/h1-3,6-7,11,16H,4-5,8-10,15H2,(H,17,18). The Morgan fingerprint density at radius 3 is 2.78 bits per heavy atom. The van der Waals surface area contributed by atoms with Gasteiger partial charge in [0.1, 0.15) is 0 Å². The van der Waals surface area contributed by atoms with E-state index >= 15 is 0 Å². The van der Waals surface area contributed by atoms with Gasteiger partial charge in [-0.3, -0.25) is 5.10 Å². The fourth-order valence-electron chi connectivity index (χ4n) is 1.92. The molecule has 1 heterocycles. The first-order valence-corrected chi connectivity index (χ1v) is 6.40. The minimum atomic E-state index is 0.767. The van der Waals surface area contributed by atoms with Crippen molar-refractivity contribution in [2.45, 2.75) is 19.4 Å². The Balaban J connectivity index is 1.92. The summed E-state index contributed by atoms with van der Waals surface area (Å²) in [5.41, 5.74) is 8.94. The van der Waals surface area contributed by atoms with Gasteiger partial charge in [0.15, 0.2) is 0 Å². The number of nitrogens with zero attached hydrogens (tertiary/aromatic N) is 1. The Morgan fingerprint density at radius 2 is 2.00 bits per heavy atom. The molecule has 4 nitrogen and oxygen atoms in total. The molecule has 1 aromatic carbocycles. The van der Waals surface area contributed by atoms with Crippen LogP contribution in [0.15, 0.2) is 36.5 Å². The SMILES string of the molecule is NCCCCNCc1cn[nH]c1-c1ccccc1. The molecule has 1 aromatic heterocycles. The molecule has 0 saturated carbocycles. The molecule has 0 unspecified atom stereocenters. The first-order chi connectivity index (χ1) is 8.92. The second-order valence-corrected chi connectivity index (χ2v) is 4.31. The molecule has 4 heteroatoms. The van der Waals surface area contributed by atoms with Crippen molar-refractivity contribution in [2.24, 2.45) is 5.73 Å². The van der Waals surface area contributed by atoms with E-state index < -0.39 is 0 Å². The third kappa shape index (κ3) is 3.42. The number of nitrogens with two attached hydrogens (primary N) is 1. The lowest BCUT2D eigenvalue weighted by molar-refractivity contribution is 0.628. The molecule has 0 aliphatic heterocycles. The van der Waals surface area contributed by atoms with E-state index in [9.17, 15) is 0 Å². The van der Waals surface area contributed by atoms with E-state index in [0.29, 0.717) is 0 Å². The van der Waals surface area contributed by atoms with E-state index in [-0.39, 0.29) is 0 Å². The van der Waals surface area contributed by atoms with Crippen LogP contribution in [0.2, 0.25) is 0 Å². The van der Waals surface area contributed by atoms with Crippen LogP contribution in [0.3, 0.4) is 0 Å². The van der Waals surface area contributed by atoms with E-state index in [1.54, 1.807) is 0 Å². The lowest BCUT2D eigenvalue weighted by Crippen LogP contribution is -2.15. The van der Waals surface area contributed by atoms with E-state index in [2.05, 4.69) is 27.6 Å². The van der Waals surface area contributed by atoms with Gasteiger partial charge in [-0.05, 0) is 31.5 Å². The fourth-order valence-corrected chi connectivity index (χ4v) is 1.92. The molecule has 0 aliphatic carbocycles. The van der Waals surface area contributed by atoms with Gasteiger partial charge in [0.05, 0.1) is 11.9 Å². The second-order valence-electron chi connectivity index (χ2n) is 4.31. The van der Waals surface area contributed by atoms with E-state index in [1.807, 2.05) is 24.4 Å². The summed E-state index contributed by atoms with van der Waals surface area (Å²) in [5.74, 6) is 0. The fraction of sp³-hybridized carbons (Fsp3) is 0.357. The highest BCUT2D eigenvalue weighted by Gasteiger charge is 2.06. The van der Waals surface area contributed by atoms with Crippen LogP contribution in [-0.2, 0) is 6.54 Å². The van der Waals surface area contributed by atoms with Gasteiger partial charge < -0.3 is 11.1 Å². The summed E-state index contributed by atoms with van der Waals surface area (Å²) in [5, 5.41) is 10.6. The number of aromatic amines is 1. The van der Waals surface area contributed by atoms with Crippen LogP contribution in [0.4, 0.5) is 0 Å². The minimum absolute atomic E-state index is 0.767. The molecule has 0 bridgehead atoms. The summed E-state index contributed by atoms with van der Waals surface area (Å²) in [6, 6.07) is 10.3. The third-order valence-electron chi connectivity index (χ3n) is 2.90. The van der Waals surface area contributed by atoms with Crippen molar-refractivity contribution in [3.05, 3.63) is 42.1 Å². The van der Waals surface area contributed by atoms with Gasteiger partial charge in [-0.15, -0.1) is 0 Å². The number of H-pyrrole nitrogens is 1. The van der Waals surface area contributed by atoms with Gasteiger partial charge in [0, 0.05) is 12.1 Å². The van der Waals surface area contributed by atoms with Gasteiger partial charge >= 0.3 is 0 Å². The van der Waals surface area contributed by atoms with E-state index in [1.165, 1.54) is 11.1 Å². The zero-order valence-electron chi connectivity index (χ0n) is 10.5. The molecule has 96 valence electrons. The minimum Gasteiger partial charge on any atom is -0.330 e. The van der Waals surface area contributed by atoms with Gasteiger partial charge in [-0.25, -0.2) is 0 Å². The second kappa shape index (κ2) is 6.93. The average Bonchev–Trinajstić information content (AvgIpc) is 2.88. The summed E-state index contributed by atoms with van der Waals surface area (Å²) in [6.07, 6.45) is 4.08. The molecule has 2 rings (SSSR count). The molecular formula is C14H20N4. The number of unbranched alkanes of at least 4 members (excludes halogenated alkanes) is 1. The maximum Gasteiger partial charge on any atom is 0.0695 e. The Morgan fingerprint density at radius 1 is 1.17 bits per heavy atom. The average molecular weight is 244 g/mol. The number of hydrogen-bond acceptors (Lipinski definition) is 3.